The van der Waals surface area contributed by atoms with E-state index < -0.39 is 5.54 Å². The number of amides is 3. The Bertz CT molecular complexity index is 1160. The molecule has 2 aliphatic rings. The van der Waals surface area contributed by atoms with Crippen LogP contribution in [0.25, 0.3) is 10.2 Å². The lowest BCUT2D eigenvalue weighted by molar-refractivity contribution is -0.124. The minimum Gasteiger partial charge on any atom is -0.323 e. The topological polar surface area (TPSA) is 78.4 Å². The molecule has 0 saturated carbocycles. The summed E-state index contributed by atoms with van der Waals surface area (Å²) in [4.78, 5) is 38.6. The van der Waals surface area contributed by atoms with Gasteiger partial charge < -0.3 is 5.32 Å². The molecule has 2 fully saturated rings. The lowest BCUT2D eigenvalue weighted by Crippen LogP contribution is -2.55. The van der Waals surface area contributed by atoms with E-state index in [0.717, 1.165) is 30.0 Å². The molecule has 5 rings (SSSR count). The molecule has 4 heterocycles. The molecule has 0 bridgehead atoms. The van der Waals surface area contributed by atoms with Gasteiger partial charge in [0.25, 0.3) is 5.91 Å². The second-order valence-electron chi connectivity index (χ2n) is 8.55. The number of piperidine rings is 1. The van der Waals surface area contributed by atoms with E-state index in [-0.39, 0.29) is 18.0 Å². The Morgan fingerprint density at radius 1 is 1.10 bits per heavy atom. The van der Waals surface area contributed by atoms with Gasteiger partial charge >= 0.3 is 6.03 Å². The molecular formula is C23H25N5O2S. The molecule has 2 aromatic heterocycles. The maximum absolute atomic E-state index is 13.4. The van der Waals surface area contributed by atoms with Crippen molar-refractivity contribution < 1.29 is 9.59 Å². The summed E-state index contributed by atoms with van der Waals surface area (Å²) < 4.78 is 1.19. The highest BCUT2D eigenvalue weighted by molar-refractivity contribution is 7.16. The molecule has 8 heteroatoms. The van der Waals surface area contributed by atoms with Crippen LogP contribution in [0.1, 0.15) is 42.8 Å². The van der Waals surface area contributed by atoms with Gasteiger partial charge in [0.2, 0.25) is 0 Å². The van der Waals surface area contributed by atoms with Gasteiger partial charge in [0, 0.05) is 30.5 Å². The Kier molecular flexibility index (Phi) is 4.79. The molecule has 0 radical (unpaired) electrons. The number of imide groups is 1. The average molecular weight is 436 g/mol. The Labute approximate surface area is 185 Å². The quantitative estimate of drug-likeness (QED) is 0.630. The number of hydrogen-bond acceptors (Lipinski definition) is 6. The van der Waals surface area contributed by atoms with Gasteiger partial charge in [-0.05, 0) is 63.4 Å². The summed E-state index contributed by atoms with van der Waals surface area (Å²) in [7, 11) is 0. The number of carbonyl (C=O) groups is 2. The standard InChI is InChI=1S/C23H25N5O2S/c1-14-10-18(11-15(2)25-14)28-21(29)23(26-22(28)30)6-8-27(9-7-23)16(3)17-4-5-20-19(12-17)24-13-31-20/h4-5,10-13,16H,6-9H2,1-3H3,(H,26,30)/t16-/m0/s1. The number of likely N-dealkylation sites (tertiary alicyclic amines) is 1. The second-order valence-corrected chi connectivity index (χ2v) is 9.44. The Balaban J connectivity index is 1.33. The summed E-state index contributed by atoms with van der Waals surface area (Å²) in [6.07, 6.45) is 1.20. The molecule has 0 unspecified atom stereocenters. The first-order chi connectivity index (χ1) is 14.9. The number of aromatic nitrogens is 2. The molecule has 7 nitrogen and oxygen atoms in total. The van der Waals surface area contributed by atoms with Crippen molar-refractivity contribution in [2.45, 2.75) is 45.2 Å². The Morgan fingerprint density at radius 3 is 2.52 bits per heavy atom. The van der Waals surface area contributed by atoms with E-state index in [1.807, 2.05) is 19.4 Å². The number of fused-ring (bicyclic) bond motifs is 1. The van der Waals surface area contributed by atoms with E-state index in [1.165, 1.54) is 15.2 Å². The second kappa shape index (κ2) is 7.39. The number of pyridine rings is 1. The first kappa shape index (κ1) is 20.1. The fraction of sp³-hybridized carbons (Fsp3) is 0.391. The number of hydrogen-bond donors (Lipinski definition) is 1. The first-order valence-electron chi connectivity index (χ1n) is 10.6. The van der Waals surface area contributed by atoms with E-state index in [1.54, 1.807) is 23.5 Å². The third kappa shape index (κ3) is 3.40. The van der Waals surface area contributed by atoms with Crippen molar-refractivity contribution >= 4 is 39.2 Å². The van der Waals surface area contributed by atoms with Gasteiger partial charge in [0.15, 0.2) is 0 Å². The van der Waals surface area contributed by atoms with Crippen molar-refractivity contribution in [1.82, 2.24) is 20.2 Å². The molecule has 160 valence electrons. The van der Waals surface area contributed by atoms with Crippen LogP contribution >= 0.6 is 11.3 Å². The maximum Gasteiger partial charge on any atom is 0.329 e. The highest BCUT2D eigenvalue weighted by atomic mass is 32.1. The van der Waals surface area contributed by atoms with E-state index in [4.69, 9.17) is 0 Å². The van der Waals surface area contributed by atoms with Crippen LogP contribution in [0, 0.1) is 13.8 Å². The Hall–Kier alpha value is -2.84. The number of nitrogens with one attached hydrogen (secondary N) is 1. The van der Waals surface area contributed by atoms with E-state index >= 15 is 0 Å². The number of thiazole rings is 1. The van der Waals surface area contributed by atoms with Crippen LogP contribution in [0.5, 0.6) is 0 Å². The smallest absolute Gasteiger partial charge is 0.323 e. The van der Waals surface area contributed by atoms with Gasteiger partial charge in [-0.1, -0.05) is 6.07 Å². The van der Waals surface area contributed by atoms with Gasteiger partial charge in [-0.25, -0.2) is 14.7 Å². The van der Waals surface area contributed by atoms with Crippen LogP contribution in [0.2, 0.25) is 0 Å². The van der Waals surface area contributed by atoms with E-state index in [9.17, 15) is 9.59 Å². The van der Waals surface area contributed by atoms with Crippen molar-refractivity contribution in [3.8, 4) is 0 Å². The number of anilines is 1. The largest absolute Gasteiger partial charge is 0.329 e. The van der Waals surface area contributed by atoms with Gasteiger partial charge in [-0.3, -0.25) is 14.7 Å². The van der Waals surface area contributed by atoms with Crippen LogP contribution in [0.15, 0.2) is 35.8 Å². The molecule has 1 spiro atoms. The van der Waals surface area contributed by atoms with Crippen LogP contribution < -0.4 is 10.2 Å². The molecule has 3 aromatic rings. The predicted octanol–water partition coefficient (Wildman–Crippen LogP) is 3.96. The zero-order chi connectivity index (χ0) is 21.8. The van der Waals surface area contributed by atoms with E-state index in [2.05, 4.69) is 45.3 Å². The summed E-state index contributed by atoms with van der Waals surface area (Å²) in [5, 5.41) is 3.01. The molecule has 2 aliphatic heterocycles. The molecule has 1 atom stereocenters. The summed E-state index contributed by atoms with van der Waals surface area (Å²) in [6, 6.07) is 9.89. The predicted molar refractivity (Wildman–Crippen MR) is 121 cm³/mol. The SMILES string of the molecule is Cc1cc(N2C(=O)NC3(CCN([C@@H](C)c4ccc5scnc5c4)CC3)C2=O)cc(C)n1. The summed E-state index contributed by atoms with van der Waals surface area (Å²) >= 11 is 1.65. The summed E-state index contributed by atoms with van der Waals surface area (Å²) in [6.45, 7) is 7.41. The van der Waals surface area contributed by atoms with Crippen molar-refractivity contribution in [2.24, 2.45) is 0 Å². The van der Waals surface area contributed by atoms with Gasteiger partial charge in [-0.15, -0.1) is 11.3 Å². The molecule has 0 aliphatic carbocycles. The number of nitrogens with zero attached hydrogens (tertiary/aromatic N) is 4. The molecule has 1 aromatic carbocycles. The molecule has 31 heavy (non-hydrogen) atoms. The van der Waals surface area contributed by atoms with Crippen LogP contribution in [0.4, 0.5) is 10.5 Å². The molecule has 3 amide bonds. The molecule has 1 N–H and O–H groups in total. The zero-order valence-corrected chi connectivity index (χ0v) is 18.7. The number of aryl methyl sites for hydroxylation is 2. The minimum atomic E-state index is -0.822. The summed E-state index contributed by atoms with van der Waals surface area (Å²) in [5.41, 5.74) is 5.47. The fourth-order valence-electron chi connectivity index (χ4n) is 4.77. The van der Waals surface area contributed by atoms with Crippen molar-refractivity contribution in [2.75, 3.05) is 18.0 Å². The van der Waals surface area contributed by atoms with Crippen molar-refractivity contribution in [3.63, 3.8) is 0 Å². The normalized spacial score (nSPS) is 19.9. The van der Waals surface area contributed by atoms with Crippen LogP contribution in [0.3, 0.4) is 0 Å². The lowest BCUT2D eigenvalue weighted by Gasteiger charge is -2.40. The third-order valence-electron chi connectivity index (χ3n) is 6.52. The Morgan fingerprint density at radius 2 is 1.81 bits per heavy atom. The zero-order valence-electron chi connectivity index (χ0n) is 17.9. The highest BCUT2D eigenvalue weighted by Gasteiger charge is 2.53. The van der Waals surface area contributed by atoms with E-state index in [0.29, 0.717) is 18.5 Å². The average Bonchev–Trinajstić information content (AvgIpc) is 3.29. The fourth-order valence-corrected chi connectivity index (χ4v) is 5.43. The molecule has 2 saturated heterocycles. The van der Waals surface area contributed by atoms with Gasteiger partial charge in [0.1, 0.15) is 5.54 Å². The maximum atomic E-state index is 13.4. The number of carbonyl (C=O) groups excluding carboxylic acids is 2. The number of urea groups is 1. The van der Waals surface area contributed by atoms with Crippen LogP contribution in [-0.2, 0) is 4.79 Å². The number of benzene rings is 1. The van der Waals surface area contributed by atoms with Crippen LogP contribution in [-0.4, -0.2) is 45.4 Å². The third-order valence-corrected chi connectivity index (χ3v) is 7.33. The highest BCUT2D eigenvalue weighted by Crippen LogP contribution is 2.36. The first-order valence-corrected chi connectivity index (χ1v) is 11.4. The van der Waals surface area contributed by atoms with Gasteiger partial charge in [0.05, 0.1) is 21.4 Å². The van der Waals surface area contributed by atoms with Crippen molar-refractivity contribution in [3.05, 3.63) is 52.8 Å². The minimum absolute atomic E-state index is 0.154. The monoisotopic (exact) mass is 435 g/mol. The van der Waals surface area contributed by atoms with Crippen molar-refractivity contribution in [1.29, 1.82) is 0 Å². The molecular weight excluding hydrogens is 410 g/mol. The number of rotatable bonds is 3. The van der Waals surface area contributed by atoms with Gasteiger partial charge in [-0.2, -0.15) is 0 Å². The lowest BCUT2D eigenvalue weighted by atomic mass is 9.86. The summed E-state index contributed by atoms with van der Waals surface area (Å²) in [5.74, 6) is -0.154.